The van der Waals surface area contributed by atoms with Crippen molar-refractivity contribution in [1.29, 1.82) is 0 Å². The molecule has 5 rings (SSSR count). The van der Waals surface area contributed by atoms with Crippen LogP contribution in [0.15, 0.2) is 24.4 Å². The van der Waals surface area contributed by atoms with Gasteiger partial charge in [-0.2, -0.15) is 13.2 Å². The first-order chi connectivity index (χ1) is 17.6. The molecule has 2 atom stereocenters. The number of pyridine rings is 1. The molecule has 1 N–H and O–H groups in total. The van der Waals surface area contributed by atoms with Crippen LogP contribution in [0.25, 0.3) is 0 Å². The maximum atomic E-state index is 13.9. The van der Waals surface area contributed by atoms with Crippen LogP contribution in [0.4, 0.5) is 19.0 Å². The van der Waals surface area contributed by atoms with Gasteiger partial charge >= 0.3 is 12.1 Å². The molecule has 0 spiro atoms. The van der Waals surface area contributed by atoms with Gasteiger partial charge in [-0.15, -0.1) is 0 Å². The minimum atomic E-state index is -5.08. The number of anilines is 1. The molecule has 0 radical (unpaired) electrons. The van der Waals surface area contributed by atoms with Gasteiger partial charge in [-0.05, 0) is 37.8 Å². The highest BCUT2D eigenvalue weighted by atomic mass is 19.4. The lowest BCUT2D eigenvalue weighted by Gasteiger charge is -2.39. The van der Waals surface area contributed by atoms with Gasteiger partial charge in [0.15, 0.2) is 0 Å². The van der Waals surface area contributed by atoms with E-state index in [1.165, 1.54) is 6.42 Å². The fourth-order valence-electron chi connectivity index (χ4n) is 5.69. The number of carbonyl (C=O) groups excluding carboxylic acids is 2. The first-order valence-corrected chi connectivity index (χ1v) is 12.7. The fraction of sp³-hybridized carbons (Fsp3) is 0.680. The number of fused-ring (bicyclic) bond motifs is 1. The molecule has 37 heavy (non-hydrogen) atoms. The average molecular weight is 527 g/mol. The molecule has 1 aromatic rings. The number of halogens is 3. The Kier molecular flexibility index (Phi) is 8.25. The van der Waals surface area contributed by atoms with Crippen LogP contribution in [0.2, 0.25) is 0 Å². The van der Waals surface area contributed by atoms with Gasteiger partial charge < -0.3 is 24.5 Å². The van der Waals surface area contributed by atoms with Crippen LogP contribution >= 0.6 is 0 Å². The van der Waals surface area contributed by atoms with Crippen LogP contribution in [0.1, 0.15) is 32.1 Å². The molecular weight excluding hydrogens is 493 g/mol. The van der Waals surface area contributed by atoms with Crippen molar-refractivity contribution in [2.24, 2.45) is 17.3 Å². The summed E-state index contributed by atoms with van der Waals surface area (Å²) in [6, 6.07) is 5.94. The number of hydrogen-bond donors (Lipinski definition) is 1. The number of carbonyl (C=O) groups is 3. The number of carboxylic acids is 1. The number of amides is 2. The van der Waals surface area contributed by atoms with Crippen molar-refractivity contribution in [2.45, 2.75) is 38.3 Å². The first-order valence-electron chi connectivity index (χ1n) is 12.7. The SMILES string of the molecule is O=C(C1CCC1)N1CCC[C@]2(C(=O)N3CCOCC3)CN(c3ccccn3)C[C@@H]2C1.O=C(O)C(F)(F)F. The highest BCUT2D eigenvalue weighted by Gasteiger charge is 2.55. The predicted molar refractivity (Wildman–Crippen MR) is 127 cm³/mol. The van der Waals surface area contributed by atoms with Gasteiger partial charge in [-0.25, -0.2) is 9.78 Å². The fourth-order valence-corrected chi connectivity index (χ4v) is 5.69. The molecule has 1 saturated carbocycles. The number of aliphatic carboxylic acids is 1. The normalized spacial score (nSPS) is 26.4. The standard InChI is InChI=1S/C23H32N4O3.C2HF3O2/c28-21(18-5-3-6-18)26-10-4-8-23(22(29)25-11-13-30-14-12-25)17-27(16-19(23)15-26)20-7-1-2-9-24-20;3-2(4,5)1(6)7/h1-2,7,9,18-19H,3-6,8,10-17H2;(H,6,7)/t19-,23-;/m0./s1. The molecule has 0 aromatic carbocycles. The molecule has 2 amide bonds. The maximum absolute atomic E-state index is 13.9. The van der Waals surface area contributed by atoms with E-state index in [1.807, 2.05) is 29.3 Å². The van der Waals surface area contributed by atoms with Gasteiger partial charge in [0.2, 0.25) is 11.8 Å². The monoisotopic (exact) mass is 526 g/mol. The van der Waals surface area contributed by atoms with Gasteiger partial charge in [0, 0.05) is 57.3 Å². The van der Waals surface area contributed by atoms with Crippen molar-refractivity contribution in [3.8, 4) is 0 Å². The number of alkyl halides is 3. The van der Waals surface area contributed by atoms with E-state index in [2.05, 4.69) is 14.8 Å². The molecule has 0 unspecified atom stereocenters. The summed E-state index contributed by atoms with van der Waals surface area (Å²) in [5.74, 6) is -0.912. The Hall–Kier alpha value is -2.89. The predicted octanol–water partition coefficient (Wildman–Crippen LogP) is 2.42. The van der Waals surface area contributed by atoms with E-state index in [-0.39, 0.29) is 17.7 Å². The highest BCUT2D eigenvalue weighted by molar-refractivity contribution is 5.85. The van der Waals surface area contributed by atoms with Crippen molar-refractivity contribution in [1.82, 2.24) is 14.8 Å². The van der Waals surface area contributed by atoms with Crippen LogP contribution in [-0.2, 0) is 19.1 Å². The lowest BCUT2D eigenvalue weighted by molar-refractivity contribution is -0.192. The Bertz CT molecular complexity index is 969. The molecule has 3 saturated heterocycles. The summed E-state index contributed by atoms with van der Waals surface area (Å²) in [6.45, 7) is 5.51. The number of aromatic nitrogens is 1. The molecule has 0 bridgehead atoms. The zero-order chi connectivity index (χ0) is 26.6. The molecule has 12 heteroatoms. The number of morpholine rings is 1. The summed E-state index contributed by atoms with van der Waals surface area (Å²) in [6.07, 6.45) is 1.68. The largest absolute Gasteiger partial charge is 0.490 e. The van der Waals surface area contributed by atoms with Crippen molar-refractivity contribution < 1.29 is 37.4 Å². The van der Waals surface area contributed by atoms with Gasteiger partial charge in [-0.1, -0.05) is 12.5 Å². The summed E-state index contributed by atoms with van der Waals surface area (Å²) in [4.78, 5) is 46.7. The van der Waals surface area contributed by atoms with Crippen LogP contribution in [0, 0.1) is 17.3 Å². The number of ether oxygens (including phenoxy) is 1. The lowest BCUT2D eigenvalue weighted by atomic mass is 9.73. The Morgan fingerprint density at radius 2 is 1.73 bits per heavy atom. The third-order valence-electron chi connectivity index (χ3n) is 7.89. The Morgan fingerprint density at radius 3 is 2.30 bits per heavy atom. The van der Waals surface area contributed by atoms with Crippen molar-refractivity contribution in [3.63, 3.8) is 0 Å². The van der Waals surface area contributed by atoms with E-state index in [0.717, 1.165) is 44.6 Å². The average Bonchev–Trinajstić information content (AvgIpc) is 3.12. The smallest absolute Gasteiger partial charge is 0.475 e. The second-order valence-electron chi connectivity index (χ2n) is 10.1. The van der Waals surface area contributed by atoms with Gasteiger partial charge in [0.1, 0.15) is 5.82 Å². The van der Waals surface area contributed by atoms with E-state index < -0.39 is 17.6 Å². The molecular formula is C25H33F3N4O5. The molecule has 9 nitrogen and oxygen atoms in total. The van der Waals surface area contributed by atoms with Crippen LogP contribution < -0.4 is 4.90 Å². The van der Waals surface area contributed by atoms with E-state index in [9.17, 15) is 22.8 Å². The third kappa shape index (κ3) is 6.00. The first kappa shape index (κ1) is 27.2. The Labute approximate surface area is 213 Å². The number of carboxylic acid groups (broad SMARTS) is 1. The molecule has 4 aliphatic rings. The van der Waals surface area contributed by atoms with E-state index >= 15 is 0 Å². The molecule has 1 aromatic heterocycles. The van der Waals surface area contributed by atoms with Crippen LogP contribution in [0.5, 0.6) is 0 Å². The third-order valence-corrected chi connectivity index (χ3v) is 7.89. The molecule has 4 fully saturated rings. The summed E-state index contributed by atoms with van der Waals surface area (Å²) >= 11 is 0. The number of nitrogens with zero attached hydrogens (tertiary/aromatic N) is 4. The van der Waals surface area contributed by atoms with Gasteiger partial charge in [-0.3, -0.25) is 9.59 Å². The molecule has 1 aliphatic carbocycles. The van der Waals surface area contributed by atoms with E-state index in [0.29, 0.717) is 45.3 Å². The number of hydrogen-bond acceptors (Lipinski definition) is 6. The minimum absolute atomic E-state index is 0.140. The Balaban J connectivity index is 0.000000405. The van der Waals surface area contributed by atoms with Gasteiger partial charge in [0.05, 0.1) is 18.6 Å². The van der Waals surface area contributed by atoms with E-state index in [4.69, 9.17) is 14.6 Å². The number of likely N-dealkylation sites (tertiary alicyclic amines) is 1. The van der Waals surface area contributed by atoms with Crippen LogP contribution in [0.3, 0.4) is 0 Å². The Morgan fingerprint density at radius 1 is 1.03 bits per heavy atom. The van der Waals surface area contributed by atoms with Crippen molar-refractivity contribution in [3.05, 3.63) is 24.4 Å². The molecule has 3 aliphatic heterocycles. The zero-order valence-electron chi connectivity index (χ0n) is 20.7. The second kappa shape index (κ2) is 11.2. The summed E-state index contributed by atoms with van der Waals surface area (Å²) in [5, 5.41) is 7.12. The van der Waals surface area contributed by atoms with Crippen molar-refractivity contribution >= 4 is 23.6 Å². The summed E-state index contributed by atoms with van der Waals surface area (Å²) in [7, 11) is 0. The zero-order valence-corrected chi connectivity index (χ0v) is 20.7. The minimum Gasteiger partial charge on any atom is -0.475 e. The van der Waals surface area contributed by atoms with E-state index in [1.54, 1.807) is 0 Å². The maximum Gasteiger partial charge on any atom is 0.490 e. The topological polar surface area (TPSA) is 103 Å². The van der Waals surface area contributed by atoms with Crippen LogP contribution in [-0.4, -0.2) is 96.3 Å². The number of rotatable bonds is 3. The lowest BCUT2D eigenvalue weighted by Crippen LogP contribution is -2.53. The second-order valence-corrected chi connectivity index (χ2v) is 10.1. The van der Waals surface area contributed by atoms with Crippen molar-refractivity contribution in [2.75, 3.05) is 57.4 Å². The quantitative estimate of drug-likeness (QED) is 0.645. The molecule has 204 valence electrons. The summed E-state index contributed by atoms with van der Waals surface area (Å²) < 4.78 is 37.2. The molecule has 4 heterocycles. The highest BCUT2D eigenvalue weighted by Crippen LogP contribution is 2.46. The van der Waals surface area contributed by atoms with Gasteiger partial charge in [0.25, 0.3) is 0 Å². The summed E-state index contributed by atoms with van der Waals surface area (Å²) in [5.41, 5.74) is -0.441.